The Bertz CT molecular complexity index is 408. The number of hydrogen-bond acceptors (Lipinski definition) is 5. The molecule has 1 aromatic heterocycles. The fourth-order valence-corrected chi connectivity index (χ4v) is 3.09. The first-order valence-electron chi connectivity index (χ1n) is 5.04. The van der Waals surface area contributed by atoms with Crippen LogP contribution in [0.1, 0.15) is 19.3 Å². The number of nitrogens with zero attached hydrogens (tertiary/aromatic N) is 3. The SMILES string of the molecule is Cn1ncnc1SC1CCC(N)(C(=O)O)C1. The van der Waals surface area contributed by atoms with Crippen molar-refractivity contribution in [2.75, 3.05) is 0 Å². The third-order valence-electron chi connectivity index (χ3n) is 2.87. The maximum Gasteiger partial charge on any atom is 0.323 e. The third-order valence-corrected chi connectivity index (χ3v) is 4.19. The van der Waals surface area contributed by atoms with Crippen LogP contribution in [0.3, 0.4) is 0 Å². The van der Waals surface area contributed by atoms with Crippen LogP contribution in [0.4, 0.5) is 0 Å². The summed E-state index contributed by atoms with van der Waals surface area (Å²) >= 11 is 1.55. The molecule has 1 aliphatic carbocycles. The fraction of sp³-hybridized carbons (Fsp3) is 0.667. The Kier molecular flexibility index (Phi) is 2.90. The molecule has 16 heavy (non-hydrogen) atoms. The molecule has 1 fully saturated rings. The molecule has 2 rings (SSSR count). The molecule has 0 bridgehead atoms. The van der Waals surface area contributed by atoms with Crippen LogP contribution >= 0.6 is 11.8 Å². The summed E-state index contributed by atoms with van der Waals surface area (Å²) in [6.07, 6.45) is 3.31. The van der Waals surface area contributed by atoms with Crippen LogP contribution in [0.25, 0.3) is 0 Å². The number of hydrogen-bond donors (Lipinski definition) is 2. The second-order valence-electron chi connectivity index (χ2n) is 4.11. The van der Waals surface area contributed by atoms with Gasteiger partial charge in [-0.15, -0.1) is 0 Å². The van der Waals surface area contributed by atoms with E-state index in [9.17, 15) is 4.79 Å². The molecule has 0 aliphatic heterocycles. The maximum absolute atomic E-state index is 11.0. The van der Waals surface area contributed by atoms with Crippen molar-refractivity contribution in [3.63, 3.8) is 0 Å². The van der Waals surface area contributed by atoms with E-state index in [1.165, 1.54) is 6.33 Å². The Morgan fingerprint density at radius 3 is 3.06 bits per heavy atom. The number of nitrogens with two attached hydrogens (primary N) is 1. The number of carboxylic acids is 1. The summed E-state index contributed by atoms with van der Waals surface area (Å²) < 4.78 is 1.68. The number of aromatic nitrogens is 3. The van der Waals surface area contributed by atoms with E-state index in [1.807, 2.05) is 7.05 Å². The Hall–Kier alpha value is -1.08. The minimum atomic E-state index is -1.06. The van der Waals surface area contributed by atoms with E-state index in [-0.39, 0.29) is 5.25 Å². The molecule has 1 aliphatic rings. The first-order chi connectivity index (χ1) is 7.51. The first-order valence-corrected chi connectivity index (χ1v) is 5.92. The van der Waals surface area contributed by atoms with Gasteiger partial charge in [-0.1, -0.05) is 11.8 Å². The molecule has 2 atom stereocenters. The quantitative estimate of drug-likeness (QED) is 0.788. The van der Waals surface area contributed by atoms with Crippen molar-refractivity contribution in [2.45, 2.75) is 35.2 Å². The molecular weight excluding hydrogens is 228 g/mol. The average molecular weight is 242 g/mol. The summed E-state index contributed by atoms with van der Waals surface area (Å²) in [7, 11) is 1.82. The van der Waals surface area contributed by atoms with Crippen LogP contribution in [0.15, 0.2) is 11.5 Å². The van der Waals surface area contributed by atoms with Gasteiger partial charge in [0.1, 0.15) is 11.9 Å². The van der Waals surface area contributed by atoms with E-state index in [1.54, 1.807) is 16.4 Å². The lowest BCUT2D eigenvalue weighted by atomic mass is 10.0. The number of carboxylic acid groups (broad SMARTS) is 1. The highest BCUT2D eigenvalue weighted by Crippen LogP contribution is 2.38. The smallest absolute Gasteiger partial charge is 0.323 e. The van der Waals surface area contributed by atoms with E-state index >= 15 is 0 Å². The second-order valence-corrected chi connectivity index (χ2v) is 5.38. The Balaban J connectivity index is 2.00. The van der Waals surface area contributed by atoms with E-state index in [0.29, 0.717) is 12.8 Å². The molecule has 2 unspecified atom stereocenters. The molecule has 0 radical (unpaired) electrons. The van der Waals surface area contributed by atoms with E-state index in [4.69, 9.17) is 10.8 Å². The molecule has 0 aromatic carbocycles. The topological polar surface area (TPSA) is 94.0 Å². The third kappa shape index (κ3) is 2.05. The van der Waals surface area contributed by atoms with Crippen molar-refractivity contribution < 1.29 is 9.90 Å². The van der Waals surface area contributed by atoms with Crippen LogP contribution in [0.5, 0.6) is 0 Å². The molecule has 88 valence electrons. The minimum Gasteiger partial charge on any atom is -0.480 e. The minimum absolute atomic E-state index is 0.212. The number of rotatable bonds is 3. The zero-order chi connectivity index (χ0) is 11.8. The van der Waals surface area contributed by atoms with Gasteiger partial charge in [-0.05, 0) is 19.3 Å². The lowest BCUT2D eigenvalue weighted by Gasteiger charge is -2.17. The monoisotopic (exact) mass is 242 g/mol. The van der Waals surface area contributed by atoms with E-state index in [0.717, 1.165) is 11.6 Å². The molecule has 1 saturated carbocycles. The van der Waals surface area contributed by atoms with Gasteiger partial charge in [0.05, 0.1) is 0 Å². The maximum atomic E-state index is 11.0. The highest BCUT2D eigenvalue weighted by Gasteiger charge is 2.42. The predicted octanol–water partition coefficient (Wildman–Crippen LogP) is 0.242. The molecule has 1 heterocycles. The molecule has 0 spiro atoms. The van der Waals surface area contributed by atoms with Gasteiger partial charge in [0, 0.05) is 12.3 Å². The summed E-state index contributed by atoms with van der Waals surface area (Å²) in [5.41, 5.74) is 4.74. The summed E-state index contributed by atoms with van der Waals surface area (Å²) in [6.45, 7) is 0. The van der Waals surface area contributed by atoms with Crippen LogP contribution in [0.2, 0.25) is 0 Å². The Morgan fingerprint density at radius 1 is 1.81 bits per heavy atom. The van der Waals surface area contributed by atoms with Crippen molar-refractivity contribution in [1.29, 1.82) is 0 Å². The van der Waals surface area contributed by atoms with Crippen molar-refractivity contribution in [1.82, 2.24) is 14.8 Å². The van der Waals surface area contributed by atoms with E-state index in [2.05, 4.69) is 10.1 Å². The molecule has 7 heteroatoms. The van der Waals surface area contributed by atoms with Crippen molar-refractivity contribution in [3.8, 4) is 0 Å². The number of aliphatic carboxylic acids is 1. The van der Waals surface area contributed by atoms with Crippen LogP contribution in [0, 0.1) is 0 Å². The van der Waals surface area contributed by atoms with Gasteiger partial charge < -0.3 is 10.8 Å². The van der Waals surface area contributed by atoms with Crippen molar-refractivity contribution in [3.05, 3.63) is 6.33 Å². The normalized spacial score (nSPS) is 29.5. The molecule has 3 N–H and O–H groups in total. The van der Waals surface area contributed by atoms with Crippen molar-refractivity contribution in [2.24, 2.45) is 12.8 Å². The second kappa shape index (κ2) is 4.06. The van der Waals surface area contributed by atoms with Gasteiger partial charge >= 0.3 is 5.97 Å². The number of aryl methyl sites for hydroxylation is 1. The first kappa shape index (κ1) is 11.4. The van der Waals surface area contributed by atoms with Gasteiger partial charge in [0.25, 0.3) is 0 Å². The van der Waals surface area contributed by atoms with Crippen LogP contribution in [-0.4, -0.2) is 36.6 Å². The lowest BCUT2D eigenvalue weighted by molar-refractivity contribution is -0.143. The van der Waals surface area contributed by atoms with Gasteiger partial charge in [-0.2, -0.15) is 5.10 Å². The average Bonchev–Trinajstić information content (AvgIpc) is 2.77. The highest BCUT2D eigenvalue weighted by molar-refractivity contribution is 7.99. The summed E-state index contributed by atoms with van der Waals surface area (Å²) in [6, 6.07) is 0. The van der Waals surface area contributed by atoms with Crippen LogP contribution in [-0.2, 0) is 11.8 Å². The van der Waals surface area contributed by atoms with Crippen LogP contribution < -0.4 is 5.73 Å². The Morgan fingerprint density at radius 2 is 2.56 bits per heavy atom. The highest BCUT2D eigenvalue weighted by atomic mass is 32.2. The summed E-state index contributed by atoms with van der Waals surface area (Å²) in [4.78, 5) is 15.1. The standard InChI is InChI=1S/C9H14N4O2S/c1-13-8(11-5-12-13)16-6-2-3-9(10,4-6)7(14)15/h5-6H,2-4,10H2,1H3,(H,14,15). The van der Waals surface area contributed by atoms with E-state index < -0.39 is 11.5 Å². The summed E-state index contributed by atoms with van der Waals surface area (Å²) in [5.74, 6) is -0.909. The van der Waals surface area contributed by atoms with Crippen molar-refractivity contribution >= 4 is 17.7 Å². The zero-order valence-electron chi connectivity index (χ0n) is 8.96. The zero-order valence-corrected chi connectivity index (χ0v) is 9.78. The van der Waals surface area contributed by atoms with Gasteiger partial charge in [-0.3, -0.25) is 4.79 Å². The van der Waals surface area contributed by atoms with Gasteiger partial charge in [0.15, 0.2) is 5.16 Å². The predicted molar refractivity (Wildman–Crippen MR) is 59.1 cm³/mol. The molecule has 0 saturated heterocycles. The lowest BCUT2D eigenvalue weighted by Crippen LogP contribution is -2.45. The van der Waals surface area contributed by atoms with Gasteiger partial charge in [-0.25, -0.2) is 9.67 Å². The Labute approximate surface area is 97.2 Å². The molecule has 1 aromatic rings. The molecule has 6 nitrogen and oxygen atoms in total. The summed E-state index contributed by atoms with van der Waals surface area (Å²) in [5, 5.41) is 14.0. The number of carbonyl (C=O) groups is 1. The largest absolute Gasteiger partial charge is 0.480 e. The molecular formula is C9H14N4O2S. The number of thioether (sulfide) groups is 1. The van der Waals surface area contributed by atoms with Gasteiger partial charge in [0.2, 0.25) is 0 Å². The fourth-order valence-electron chi connectivity index (χ4n) is 1.87. The molecule has 0 amide bonds.